The predicted molar refractivity (Wildman–Crippen MR) is 248 cm³/mol. The molecule has 374 valence electrons. The second kappa shape index (κ2) is 21.1. The van der Waals surface area contributed by atoms with Gasteiger partial charge in [-0.2, -0.15) is 0 Å². The highest BCUT2D eigenvalue weighted by molar-refractivity contribution is 6.06. The van der Waals surface area contributed by atoms with E-state index in [4.69, 9.17) is 47.4 Å². The summed E-state index contributed by atoms with van der Waals surface area (Å²) in [6, 6.07) is 8.76. The van der Waals surface area contributed by atoms with Gasteiger partial charge in [0.25, 0.3) is 11.8 Å². The molecule has 4 fully saturated rings. The predicted octanol–water partition coefficient (Wildman–Crippen LogP) is 7.63. The van der Waals surface area contributed by atoms with Gasteiger partial charge in [0.15, 0.2) is 25.0 Å². The molecule has 0 aliphatic carbocycles. The van der Waals surface area contributed by atoms with Crippen LogP contribution in [-0.2, 0) is 37.9 Å². The molecular weight excluding hydrogens is 881 g/mol. The van der Waals surface area contributed by atoms with Crippen LogP contribution in [0.2, 0.25) is 0 Å². The Morgan fingerprint density at radius 3 is 1.37 bits per heavy atom. The quantitative estimate of drug-likeness (QED) is 0.179. The first-order valence-corrected chi connectivity index (χ1v) is 24.3. The smallest absolute Gasteiger partial charge is 0.417 e. The molecule has 2 aromatic carbocycles. The molecule has 4 unspecified atom stereocenters. The van der Waals surface area contributed by atoms with Crippen molar-refractivity contribution < 1.29 is 66.5 Å². The molecule has 8 rings (SSSR count). The molecule has 0 spiro atoms. The first-order valence-electron chi connectivity index (χ1n) is 24.3. The van der Waals surface area contributed by atoms with Gasteiger partial charge in [-0.05, 0) is 142 Å². The average Bonchev–Trinajstić information content (AvgIpc) is 3.88. The van der Waals surface area contributed by atoms with E-state index in [9.17, 15) is 19.2 Å². The van der Waals surface area contributed by atoms with E-state index in [2.05, 4.69) is 0 Å². The van der Waals surface area contributed by atoms with Gasteiger partial charge in [-0.25, -0.2) is 19.4 Å². The fourth-order valence-electron chi connectivity index (χ4n) is 9.95. The maximum atomic E-state index is 14.5. The average molecular weight is 951 g/mol. The Balaban J connectivity index is 0.991. The summed E-state index contributed by atoms with van der Waals surface area (Å²) in [6.45, 7) is 13.3. The summed E-state index contributed by atoms with van der Waals surface area (Å²) in [5.74, 6) is 0.427. The Labute approximate surface area is 399 Å². The molecule has 6 aliphatic heterocycles. The molecule has 0 bridgehead atoms. The molecule has 6 aliphatic rings. The number of methoxy groups -OCH3 is 2. The van der Waals surface area contributed by atoms with Crippen LogP contribution in [-0.4, -0.2) is 148 Å². The Morgan fingerprint density at radius 1 is 0.603 bits per heavy atom. The maximum absolute atomic E-state index is 14.5. The largest absolute Gasteiger partial charge is 0.497 e. The molecule has 0 aromatic heterocycles. The van der Waals surface area contributed by atoms with Crippen LogP contribution in [0.5, 0.6) is 11.5 Å². The highest BCUT2D eigenvalue weighted by Crippen LogP contribution is 2.42. The molecule has 0 N–H and O–H groups in total. The van der Waals surface area contributed by atoms with Crippen LogP contribution >= 0.6 is 0 Å². The summed E-state index contributed by atoms with van der Waals surface area (Å²) in [7, 11) is 3.07. The van der Waals surface area contributed by atoms with Crippen molar-refractivity contribution in [3.8, 4) is 11.5 Å². The number of amides is 4. The van der Waals surface area contributed by atoms with E-state index in [-0.39, 0.29) is 11.8 Å². The molecule has 2 aromatic rings. The standard InChI is InChI=1S/C50H70N4O14/c1-49(2,3)67-47(57)53-35-19-17-31(59-7)29-33(35)43(55)51-23-21-37(41(51)45(53)65-39-15-9-11-27-63-39)61-25-13-14-26-62-38-22-24-52-42(38)46(66-40-16-10-12-28-64-40)54(48(58)68-50(4,5)6)36-20-18-32(60-8)30-34(36)44(52)56/h17-20,29-30,37-42,45-46H,9-16,21-28H2,1-8H3/t37?,38?,39?,40?,41-,42-,45-,46-/m0/s1. The maximum Gasteiger partial charge on any atom is 0.417 e. The zero-order valence-electron chi connectivity index (χ0n) is 40.9. The van der Waals surface area contributed by atoms with Crippen molar-refractivity contribution in [3.05, 3.63) is 47.5 Å². The molecule has 18 nitrogen and oxygen atoms in total. The number of benzene rings is 2. The van der Waals surface area contributed by atoms with Crippen LogP contribution in [0.3, 0.4) is 0 Å². The van der Waals surface area contributed by atoms with Gasteiger partial charge in [-0.3, -0.25) is 9.59 Å². The van der Waals surface area contributed by atoms with Gasteiger partial charge < -0.3 is 57.2 Å². The highest BCUT2D eigenvalue weighted by atomic mass is 16.7. The van der Waals surface area contributed by atoms with Crippen LogP contribution in [0.25, 0.3) is 0 Å². The molecule has 4 saturated heterocycles. The number of hydrogen-bond donors (Lipinski definition) is 0. The molecule has 4 amide bonds. The van der Waals surface area contributed by atoms with Crippen molar-refractivity contribution >= 4 is 35.4 Å². The van der Waals surface area contributed by atoms with Crippen molar-refractivity contribution in [2.45, 2.75) is 166 Å². The van der Waals surface area contributed by atoms with Gasteiger partial charge in [-0.15, -0.1) is 0 Å². The summed E-state index contributed by atoms with van der Waals surface area (Å²) in [5, 5.41) is 0. The fraction of sp³-hybridized carbons (Fsp3) is 0.680. The summed E-state index contributed by atoms with van der Waals surface area (Å²) < 4.78 is 62.0. The number of carbonyl (C=O) groups excluding carboxylic acids is 4. The van der Waals surface area contributed by atoms with Crippen molar-refractivity contribution in [2.75, 3.05) is 63.5 Å². The van der Waals surface area contributed by atoms with Crippen LogP contribution in [0.4, 0.5) is 21.0 Å². The van der Waals surface area contributed by atoms with Crippen LogP contribution in [0, 0.1) is 0 Å². The second-order valence-corrected chi connectivity index (χ2v) is 20.2. The molecule has 8 atom stereocenters. The van der Waals surface area contributed by atoms with E-state index in [1.54, 1.807) is 87.7 Å². The van der Waals surface area contributed by atoms with Crippen molar-refractivity contribution in [2.24, 2.45) is 0 Å². The second-order valence-electron chi connectivity index (χ2n) is 20.2. The van der Waals surface area contributed by atoms with Gasteiger partial charge in [0, 0.05) is 39.5 Å². The van der Waals surface area contributed by atoms with Crippen molar-refractivity contribution in [1.29, 1.82) is 0 Å². The fourth-order valence-corrected chi connectivity index (χ4v) is 9.95. The van der Waals surface area contributed by atoms with E-state index in [0.717, 1.165) is 25.7 Å². The minimum atomic E-state index is -0.989. The molecule has 0 radical (unpaired) electrons. The van der Waals surface area contributed by atoms with Crippen molar-refractivity contribution in [1.82, 2.24) is 9.80 Å². The lowest BCUT2D eigenvalue weighted by Crippen LogP contribution is -2.58. The van der Waals surface area contributed by atoms with Gasteiger partial charge in [0.1, 0.15) is 34.8 Å². The topological polar surface area (TPSA) is 174 Å². The van der Waals surface area contributed by atoms with E-state index >= 15 is 0 Å². The lowest BCUT2D eigenvalue weighted by Gasteiger charge is -2.40. The zero-order chi connectivity index (χ0) is 48.3. The number of fused-ring (bicyclic) bond motifs is 4. The van der Waals surface area contributed by atoms with Gasteiger partial charge >= 0.3 is 12.2 Å². The van der Waals surface area contributed by atoms with Crippen molar-refractivity contribution in [3.63, 3.8) is 0 Å². The highest BCUT2D eigenvalue weighted by Gasteiger charge is 2.54. The number of unbranched alkanes of at least 4 members (excludes halogenated alkanes) is 1. The van der Waals surface area contributed by atoms with E-state index in [1.165, 1.54) is 24.0 Å². The Morgan fingerprint density at radius 2 is 1.01 bits per heavy atom. The summed E-state index contributed by atoms with van der Waals surface area (Å²) >= 11 is 0. The van der Waals surface area contributed by atoms with E-state index in [0.29, 0.717) is 112 Å². The number of nitrogens with zero attached hydrogens (tertiary/aromatic N) is 4. The number of anilines is 2. The third-order valence-electron chi connectivity index (χ3n) is 13.0. The summed E-state index contributed by atoms with van der Waals surface area (Å²) in [6.07, 6.45) is 1.65. The minimum Gasteiger partial charge on any atom is -0.497 e. The number of rotatable bonds is 13. The Hall–Kier alpha value is -4.72. The molecule has 18 heteroatoms. The minimum absolute atomic E-state index is 0.264. The molecule has 6 heterocycles. The molecular formula is C50H70N4O14. The normalized spacial score (nSPS) is 27.4. The van der Waals surface area contributed by atoms with Crippen LogP contribution < -0.4 is 19.3 Å². The van der Waals surface area contributed by atoms with Gasteiger partial charge in [0.05, 0.1) is 48.9 Å². The van der Waals surface area contributed by atoms with Gasteiger partial charge in [-0.1, -0.05) is 0 Å². The third kappa shape index (κ3) is 11.0. The first-order chi connectivity index (χ1) is 32.5. The first kappa shape index (κ1) is 49.7. The lowest BCUT2D eigenvalue weighted by molar-refractivity contribution is -0.202. The summed E-state index contributed by atoms with van der Waals surface area (Å²) in [4.78, 5) is 64.0. The third-order valence-corrected chi connectivity index (χ3v) is 13.0. The number of carbonyl (C=O) groups is 4. The summed E-state index contributed by atoms with van der Waals surface area (Å²) in [5.41, 5.74) is -0.369. The Kier molecular flexibility index (Phi) is 15.4. The lowest BCUT2D eigenvalue weighted by atomic mass is 10.1. The molecule has 68 heavy (non-hydrogen) atoms. The van der Waals surface area contributed by atoms with E-state index in [1.807, 2.05) is 0 Å². The van der Waals surface area contributed by atoms with E-state index < -0.39 is 72.7 Å². The monoisotopic (exact) mass is 950 g/mol. The van der Waals surface area contributed by atoms with Crippen LogP contribution in [0.1, 0.15) is 126 Å². The number of ether oxygens (including phenoxy) is 10. The molecule has 0 saturated carbocycles. The zero-order valence-corrected chi connectivity index (χ0v) is 40.9. The SMILES string of the molecule is COc1ccc2c(c1)C(=O)N1CCC(OCCCCOC3CCN4C(=O)c5cc(OC)ccc5N(C(=O)OC(C)(C)C)[C@@H](OC5CCCCO5)[C@H]34)[C@H]1[C@H](OC1CCCCO1)N2C(=O)OC(C)(C)C. The number of hydrogen-bond acceptors (Lipinski definition) is 14. The van der Waals surface area contributed by atoms with Crippen LogP contribution in [0.15, 0.2) is 36.4 Å². The Bertz CT molecular complexity index is 1970. The van der Waals surface area contributed by atoms with Gasteiger partial charge in [0.2, 0.25) is 0 Å².